The zero-order valence-corrected chi connectivity index (χ0v) is 18.0. The first-order valence-corrected chi connectivity index (χ1v) is 10.1. The Kier molecular flexibility index (Phi) is 6.23. The molecule has 1 amide bonds. The summed E-state index contributed by atoms with van der Waals surface area (Å²) in [5.74, 6) is -0.235. The van der Waals surface area contributed by atoms with Crippen LogP contribution in [0.1, 0.15) is 29.9 Å². The van der Waals surface area contributed by atoms with E-state index >= 15 is 0 Å². The molecule has 0 bridgehead atoms. The van der Waals surface area contributed by atoms with Crippen molar-refractivity contribution in [1.82, 2.24) is 19.6 Å². The summed E-state index contributed by atoms with van der Waals surface area (Å²) in [4.78, 5) is 16.9. The highest BCUT2D eigenvalue weighted by atomic mass is 79.9. The van der Waals surface area contributed by atoms with Crippen LogP contribution in [0.25, 0.3) is 0 Å². The maximum atomic E-state index is 14.0. The zero-order valence-electron chi connectivity index (χ0n) is 15.7. The van der Waals surface area contributed by atoms with E-state index < -0.39 is 0 Å². The molecule has 1 saturated heterocycles. The van der Waals surface area contributed by atoms with Gasteiger partial charge >= 0.3 is 0 Å². The van der Waals surface area contributed by atoms with Crippen LogP contribution in [0.15, 0.2) is 22.7 Å². The van der Waals surface area contributed by atoms with Crippen LogP contribution in [-0.4, -0.2) is 51.7 Å². The van der Waals surface area contributed by atoms with Gasteiger partial charge in [0.15, 0.2) is 0 Å². The van der Waals surface area contributed by atoms with Crippen molar-refractivity contribution in [1.29, 1.82) is 0 Å². The molecule has 1 fully saturated rings. The number of halogens is 3. The molecule has 5 nitrogen and oxygen atoms in total. The quantitative estimate of drug-likeness (QED) is 0.698. The molecule has 1 aliphatic rings. The molecule has 3 rings (SSSR count). The Bertz CT molecular complexity index is 828. The number of benzene rings is 1. The molecule has 0 aliphatic carbocycles. The van der Waals surface area contributed by atoms with Gasteiger partial charge in [0.05, 0.1) is 15.9 Å². The van der Waals surface area contributed by atoms with E-state index in [4.69, 9.17) is 11.6 Å². The van der Waals surface area contributed by atoms with Gasteiger partial charge in [-0.3, -0.25) is 14.4 Å². The van der Waals surface area contributed by atoms with Gasteiger partial charge in [-0.1, -0.05) is 17.7 Å². The van der Waals surface area contributed by atoms with Crippen molar-refractivity contribution in [3.05, 3.63) is 50.5 Å². The summed E-state index contributed by atoms with van der Waals surface area (Å²) < 4.78 is 16.7. The second-order valence-electron chi connectivity index (χ2n) is 6.91. The molecule has 0 saturated carbocycles. The first-order valence-electron chi connectivity index (χ1n) is 8.94. The highest BCUT2D eigenvalue weighted by Crippen LogP contribution is 2.25. The summed E-state index contributed by atoms with van der Waals surface area (Å²) in [6, 6.07) is 4.38. The van der Waals surface area contributed by atoms with Crippen molar-refractivity contribution in [3.8, 4) is 0 Å². The van der Waals surface area contributed by atoms with Crippen molar-refractivity contribution in [2.24, 2.45) is 0 Å². The van der Waals surface area contributed by atoms with E-state index in [0.717, 1.165) is 15.9 Å². The maximum Gasteiger partial charge on any atom is 0.247 e. The van der Waals surface area contributed by atoms with Gasteiger partial charge in [-0.15, -0.1) is 0 Å². The SMILES string of the molecule is Cc1nn(C(C)C(=O)N2CCN(Cc3c(F)cccc3Cl)CC2)c(C)c1Br. The molecule has 146 valence electrons. The van der Waals surface area contributed by atoms with Gasteiger partial charge in [-0.05, 0) is 48.8 Å². The monoisotopic (exact) mass is 456 g/mol. The minimum atomic E-state index is -0.359. The number of aryl methyl sites for hydroxylation is 1. The Morgan fingerprint density at radius 1 is 1.30 bits per heavy atom. The fourth-order valence-corrected chi connectivity index (χ4v) is 3.91. The van der Waals surface area contributed by atoms with Crippen molar-refractivity contribution < 1.29 is 9.18 Å². The summed E-state index contributed by atoms with van der Waals surface area (Å²) in [5, 5.41) is 4.91. The standard InChI is InChI=1S/C19H23BrClFN4O/c1-12-18(20)13(2)26(23-12)14(3)19(27)25-9-7-24(8-10-25)11-15-16(21)5-4-6-17(15)22/h4-6,14H,7-11H2,1-3H3. The number of piperazine rings is 1. The van der Waals surface area contributed by atoms with Crippen molar-refractivity contribution in [3.63, 3.8) is 0 Å². The van der Waals surface area contributed by atoms with Crippen LogP contribution in [-0.2, 0) is 11.3 Å². The zero-order chi connectivity index (χ0) is 19.7. The lowest BCUT2D eigenvalue weighted by molar-refractivity contribution is -0.136. The first kappa shape index (κ1) is 20.3. The van der Waals surface area contributed by atoms with Crippen LogP contribution in [0.3, 0.4) is 0 Å². The Morgan fingerprint density at radius 2 is 1.96 bits per heavy atom. The second-order valence-corrected chi connectivity index (χ2v) is 8.11. The highest BCUT2D eigenvalue weighted by Gasteiger charge is 2.28. The number of hydrogen-bond donors (Lipinski definition) is 0. The van der Waals surface area contributed by atoms with Crippen LogP contribution < -0.4 is 0 Å². The van der Waals surface area contributed by atoms with E-state index in [-0.39, 0.29) is 17.8 Å². The van der Waals surface area contributed by atoms with E-state index in [1.807, 2.05) is 25.7 Å². The van der Waals surface area contributed by atoms with Gasteiger partial charge in [0, 0.05) is 43.3 Å². The Hall–Kier alpha value is -1.44. The number of aromatic nitrogens is 2. The summed E-state index contributed by atoms with van der Waals surface area (Å²) in [6.45, 7) is 8.77. The second kappa shape index (κ2) is 8.29. The molecule has 1 aliphatic heterocycles. The van der Waals surface area contributed by atoms with E-state index in [1.54, 1.807) is 16.8 Å². The highest BCUT2D eigenvalue weighted by molar-refractivity contribution is 9.10. The number of carbonyl (C=O) groups excluding carboxylic acids is 1. The molecular weight excluding hydrogens is 435 g/mol. The number of rotatable bonds is 4. The first-order chi connectivity index (χ1) is 12.8. The van der Waals surface area contributed by atoms with Gasteiger partial charge in [0.25, 0.3) is 0 Å². The lowest BCUT2D eigenvalue weighted by atomic mass is 10.1. The van der Waals surface area contributed by atoms with Gasteiger partial charge in [-0.2, -0.15) is 5.10 Å². The molecule has 0 N–H and O–H groups in total. The van der Waals surface area contributed by atoms with Crippen LogP contribution in [0.5, 0.6) is 0 Å². The molecule has 27 heavy (non-hydrogen) atoms. The van der Waals surface area contributed by atoms with Crippen LogP contribution in [0.2, 0.25) is 5.02 Å². The maximum absolute atomic E-state index is 14.0. The van der Waals surface area contributed by atoms with Crippen molar-refractivity contribution in [2.45, 2.75) is 33.4 Å². The van der Waals surface area contributed by atoms with Gasteiger partial charge in [-0.25, -0.2) is 4.39 Å². The lowest BCUT2D eigenvalue weighted by Crippen LogP contribution is -2.50. The van der Waals surface area contributed by atoms with Crippen LogP contribution in [0.4, 0.5) is 4.39 Å². The molecule has 0 spiro atoms. The van der Waals surface area contributed by atoms with E-state index in [0.29, 0.717) is 43.3 Å². The summed E-state index contributed by atoms with van der Waals surface area (Å²) in [6.07, 6.45) is 0. The Labute approximate surface area is 172 Å². The molecule has 2 heterocycles. The molecule has 8 heteroatoms. The minimum absolute atomic E-state index is 0.0525. The third-order valence-corrected chi connectivity index (χ3v) is 6.59. The average molecular weight is 458 g/mol. The predicted octanol–water partition coefficient (Wildman–Crippen LogP) is 3.96. The fraction of sp³-hybridized carbons (Fsp3) is 0.474. The fourth-order valence-electron chi connectivity index (χ4n) is 3.42. The Balaban J connectivity index is 1.61. The van der Waals surface area contributed by atoms with E-state index in [9.17, 15) is 9.18 Å². The van der Waals surface area contributed by atoms with Gasteiger partial charge in [0.1, 0.15) is 11.9 Å². The molecule has 0 radical (unpaired) electrons. The topological polar surface area (TPSA) is 41.4 Å². The largest absolute Gasteiger partial charge is 0.338 e. The smallest absolute Gasteiger partial charge is 0.247 e. The van der Waals surface area contributed by atoms with Gasteiger partial charge in [0.2, 0.25) is 5.91 Å². The number of carbonyl (C=O) groups is 1. The van der Waals surface area contributed by atoms with Crippen LogP contribution >= 0.6 is 27.5 Å². The summed E-state index contributed by atoms with van der Waals surface area (Å²) in [5.41, 5.74) is 2.33. The van der Waals surface area contributed by atoms with E-state index in [2.05, 4.69) is 25.9 Å². The van der Waals surface area contributed by atoms with Gasteiger partial charge < -0.3 is 4.90 Å². The molecule has 1 aromatic carbocycles. The van der Waals surface area contributed by atoms with E-state index in [1.165, 1.54) is 6.07 Å². The number of hydrogen-bond acceptors (Lipinski definition) is 3. The average Bonchev–Trinajstić information content (AvgIpc) is 2.91. The Morgan fingerprint density at radius 3 is 2.52 bits per heavy atom. The molecule has 1 aromatic heterocycles. The number of amides is 1. The van der Waals surface area contributed by atoms with Crippen LogP contribution in [0, 0.1) is 19.7 Å². The minimum Gasteiger partial charge on any atom is -0.338 e. The normalized spacial score (nSPS) is 16.6. The molecule has 1 unspecified atom stereocenters. The predicted molar refractivity (Wildman–Crippen MR) is 107 cm³/mol. The molecule has 1 atom stereocenters. The lowest BCUT2D eigenvalue weighted by Gasteiger charge is -2.36. The molecular formula is C19H23BrClFN4O. The third-order valence-electron chi connectivity index (χ3n) is 5.09. The number of nitrogens with zero attached hydrogens (tertiary/aromatic N) is 4. The summed E-state index contributed by atoms with van der Waals surface area (Å²) >= 11 is 9.63. The molecule has 2 aromatic rings. The summed E-state index contributed by atoms with van der Waals surface area (Å²) in [7, 11) is 0. The van der Waals surface area contributed by atoms with Crippen molar-refractivity contribution in [2.75, 3.05) is 26.2 Å². The third kappa shape index (κ3) is 4.20. The van der Waals surface area contributed by atoms with Crippen molar-refractivity contribution >= 4 is 33.4 Å².